The fraction of sp³-hybridized carbons (Fsp3) is 0.750. The standard InChI is InChI=1S/C12H22N4S/c1-2-16-11-14-10-12(16)9-13-3-4-15-5-7-17-8-6-15/h10-11,13H,2-9H2,1H3. The SMILES string of the molecule is CCn1cncc1CNCCN1CCSCC1. The van der Waals surface area contributed by atoms with Crippen molar-refractivity contribution in [3.05, 3.63) is 18.2 Å². The summed E-state index contributed by atoms with van der Waals surface area (Å²) in [6, 6.07) is 0. The van der Waals surface area contributed by atoms with E-state index in [4.69, 9.17) is 0 Å². The van der Waals surface area contributed by atoms with Crippen LogP contribution in [0.25, 0.3) is 0 Å². The van der Waals surface area contributed by atoms with Crippen LogP contribution < -0.4 is 5.32 Å². The van der Waals surface area contributed by atoms with Gasteiger partial charge in [0, 0.05) is 57.0 Å². The Morgan fingerprint density at radius 1 is 1.41 bits per heavy atom. The molecule has 1 aliphatic rings. The Kier molecular flexibility index (Phi) is 5.35. The summed E-state index contributed by atoms with van der Waals surface area (Å²) >= 11 is 2.07. The maximum absolute atomic E-state index is 4.17. The summed E-state index contributed by atoms with van der Waals surface area (Å²) in [5, 5.41) is 3.50. The minimum Gasteiger partial charge on any atom is -0.334 e. The summed E-state index contributed by atoms with van der Waals surface area (Å²) in [6.45, 7) is 8.81. The zero-order valence-corrected chi connectivity index (χ0v) is 11.4. The number of aryl methyl sites for hydroxylation is 1. The Hall–Kier alpha value is -0.520. The summed E-state index contributed by atoms with van der Waals surface area (Å²) in [5.41, 5.74) is 1.28. The van der Waals surface area contributed by atoms with Gasteiger partial charge < -0.3 is 14.8 Å². The monoisotopic (exact) mass is 254 g/mol. The number of hydrogen-bond acceptors (Lipinski definition) is 4. The smallest absolute Gasteiger partial charge is 0.0948 e. The lowest BCUT2D eigenvalue weighted by molar-refractivity contribution is 0.300. The third kappa shape index (κ3) is 4.01. The van der Waals surface area contributed by atoms with Crippen LogP contribution in [0.4, 0.5) is 0 Å². The number of hydrogen-bond donors (Lipinski definition) is 1. The predicted octanol–water partition coefficient (Wildman–Crippen LogP) is 1.04. The first kappa shape index (κ1) is 12.9. The number of nitrogens with one attached hydrogen (secondary N) is 1. The van der Waals surface area contributed by atoms with Gasteiger partial charge in [0.1, 0.15) is 0 Å². The highest BCUT2D eigenvalue weighted by molar-refractivity contribution is 7.99. The molecule has 0 aliphatic carbocycles. The van der Waals surface area contributed by atoms with Gasteiger partial charge in [0.15, 0.2) is 0 Å². The first-order valence-electron chi connectivity index (χ1n) is 6.40. The second kappa shape index (κ2) is 7.03. The van der Waals surface area contributed by atoms with E-state index in [1.807, 2.05) is 12.5 Å². The molecule has 17 heavy (non-hydrogen) atoms. The highest BCUT2D eigenvalue weighted by Crippen LogP contribution is 2.08. The Bertz CT molecular complexity index is 320. The van der Waals surface area contributed by atoms with Gasteiger partial charge in [0.2, 0.25) is 0 Å². The van der Waals surface area contributed by atoms with Crippen molar-refractivity contribution in [3.63, 3.8) is 0 Å². The summed E-state index contributed by atoms with van der Waals surface area (Å²) in [6.07, 6.45) is 3.85. The lowest BCUT2D eigenvalue weighted by atomic mass is 10.4. The van der Waals surface area contributed by atoms with Crippen LogP contribution in [0, 0.1) is 0 Å². The molecule has 1 fully saturated rings. The van der Waals surface area contributed by atoms with E-state index in [0.29, 0.717) is 0 Å². The van der Waals surface area contributed by atoms with Crippen LogP contribution in [0.5, 0.6) is 0 Å². The number of thioether (sulfide) groups is 1. The molecule has 1 aliphatic heterocycles. The Morgan fingerprint density at radius 2 is 2.24 bits per heavy atom. The second-order valence-corrected chi connectivity index (χ2v) is 5.53. The topological polar surface area (TPSA) is 33.1 Å². The fourth-order valence-electron chi connectivity index (χ4n) is 2.06. The third-order valence-electron chi connectivity index (χ3n) is 3.15. The molecule has 2 rings (SSSR count). The number of nitrogens with zero attached hydrogens (tertiary/aromatic N) is 3. The molecule has 0 spiro atoms. The fourth-order valence-corrected chi connectivity index (χ4v) is 3.04. The van der Waals surface area contributed by atoms with Crippen molar-refractivity contribution in [2.75, 3.05) is 37.7 Å². The molecular formula is C12H22N4S. The van der Waals surface area contributed by atoms with E-state index in [1.165, 1.54) is 36.8 Å². The summed E-state index contributed by atoms with van der Waals surface area (Å²) in [4.78, 5) is 6.71. The molecule has 0 amide bonds. The van der Waals surface area contributed by atoms with Crippen LogP contribution in [0.1, 0.15) is 12.6 Å². The molecule has 96 valence electrons. The van der Waals surface area contributed by atoms with Crippen LogP contribution in [0.15, 0.2) is 12.5 Å². The summed E-state index contributed by atoms with van der Waals surface area (Å²) in [5.74, 6) is 2.59. The van der Waals surface area contributed by atoms with E-state index in [0.717, 1.165) is 19.6 Å². The van der Waals surface area contributed by atoms with Gasteiger partial charge in [-0.3, -0.25) is 0 Å². The molecule has 0 aromatic carbocycles. The van der Waals surface area contributed by atoms with E-state index in [2.05, 4.69) is 38.5 Å². The van der Waals surface area contributed by atoms with Crippen molar-refractivity contribution in [1.82, 2.24) is 19.8 Å². The van der Waals surface area contributed by atoms with Crippen LogP contribution in [0.3, 0.4) is 0 Å². The number of rotatable bonds is 6. The molecule has 2 heterocycles. The van der Waals surface area contributed by atoms with E-state index >= 15 is 0 Å². The van der Waals surface area contributed by atoms with Gasteiger partial charge in [-0.05, 0) is 6.92 Å². The third-order valence-corrected chi connectivity index (χ3v) is 4.10. The lowest BCUT2D eigenvalue weighted by Crippen LogP contribution is -2.37. The summed E-state index contributed by atoms with van der Waals surface area (Å²) < 4.78 is 2.19. The van der Waals surface area contributed by atoms with Gasteiger partial charge in [0.05, 0.1) is 12.0 Å². The molecule has 0 saturated carbocycles. The molecule has 1 aromatic rings. The van der Waals surface area contributed by atoms with Crippen molar-refractivity contribution in [2.24, 2.45) is 0 Å². The van der Waals surface area contributed by atoms with Crippen LogP contribution >= 0.6 is 11.8 Å². The van der Waals surface area contributed by atoms with Crippen LogP contribution in [-0.4, -0.2) is 52.1 Å². The maximum Gasteiger partial charge on any atom is 0.0948 e. The Morgan fingerprint density at radius 3 is 3.00 bits per heavy atom. The quantitative estimate of drug-likeness (QED) is 0.769. The number of imidazole rings is 1. The highest BCUT2D eigenvalue weighted by atomic mass is 32.2. The minimum absolute atomic E-state index is 0.927. The first-order valence-corrected chi connectivity index (χ1v) is 7.55. The van der Waals surface area contributed by atoms with Crippen LogP contribution in [0.2, 0.25) is 0 Å². The molecular weight excluding hydrogens is 232 g/mol. The van der Waals surface area contributed by atoms with Crippen molar-refractivity contribution < 1.29 is 0 Å². The van der Waals surface area contributed by atoms with Gasteiger partial charge >= 0.3 is 0 Å². The maximum atomic E-state index is 4.17. The lowest BCUT2D eigenvalue weighted by Gasteiger charge is -2.26. The van der Waals surface area contributed by atoms with E-state index in [1.54, 1.807) is 0 Å². The Labute approximate surface area is 108 Å². The molecule has 0 radical (unpaired) electrons. The van der Waals surface area contributed by atoms with Gasteiger partial charge in [-0.25, -0.2) is 4.98 Å². The molecule has 0 atom stereocenters. The van der Waals surface area contributed by atoms with Crippen molar-refractivity contribution >= 4 is 11.8 Å². The highest BCUT2D eigenvalue weighted by Gasteiger charge is 2.09. The molecule has 1 aromatic heterocycles. The molecule has 1 saturated heterocycles. The van der Waals surface area contributed by atoms with E-state index < -0.39 is 0 Å². The van der Waals surface area contributed by atoms with Crippen molar-refractivity contribution in [3.8, 4) is 0 Å². The van der Waals surface area contributed by atoms with Crippen LogP contribution in [-0.2, 0) is 13.1 Å². The zero-order chi connectivity index (χ0) is 11.9. The molecule has 0 unspecified atom stereocenters. The second-order valence-electron chi connectivity index (χ2n) is 4.30. The van der Waals surface area contributed by atoms with E-state index in [9.17, 15) is 0 Å². The minimum atomic E-state index is 0.927. The van der Waals surface area contributed by atoms with Gasteiger partial charge in [-0.15, -0.1) is 0 Å². The predicted molar refractivity (Wildman–Crippen MR) is 73.4 cm³/mol. The molecule has 4 nitrogen and oxygen atoms in total. The zero-order valence-electron chi connectivity index (χ0n) is 10.6. The van der Waals surface area contributed by atoms with Gasteiger partial charge in [-0.1, -0.05) is 0 Å². The largest absolute Gasteiger partial charge is 0.334 e. The van der Waals surface area contributed by atoms with Gasteiger partial charge in [-0.2, -0.15) is 11.8 Å². The normalized spacial score (nSPS) is 17.5. The molecule has 1 N–H and O–H groups in total. The Balaban J connectivity index is 1.62. The first-order chi connectivity index (χ1) is 8.40. The van der Waals surface area contributed by atoms with E-state index in [-0.39, 0.29) is 0 Å². The molecule has 0 bridgehead atoms. The van der Waals surface area contributed by atoms with Crippen molar-refractivity contribution in [2.45, 2.75) is 20.0 Å². The average molecular weight is 254 g/mol. The molecule has 5 heteroatoms. The number of aromatic nitrogens is 2. The summed E-state index contributed by atoms with van der Waals surface area (Å²) in [7, 11) is 0. The van der Waals surface area contributed by atoms with Crippen molar-refractivity contribution in [1.29, 1.82) is 0 Å². The van der Waals surface area contributed by atoms with Gasteiger partial charge in [0.25, 0.3) is 0 Å². The average Bonchev–Trinajstić information content (AvgIpc) is 2.83.